The summed E-state index contributed by atoms with van der Waals surface area (Å²) < 4.78 is 5.24. The Bertz CT molecular complexity index is 1230. The molecule has 8 nitrogen and oxygen atoms in total. The fraction of sp³-hybridized carbons (Fsp3) is 0.0833. The standard InChI is InChI=1S/C24H18N2O6/c1-32-19-9-5-8-18(14-19)25-21(15-10-12-17(13-11-15)26(30)31)20(23(28)24(25)29)22(27)16-6-3-2-4-7-16/h2-14,21,27H,1H3/b22-20+. The van der Waals surface area contributed by atoms with Crippen molar-refractivity contribution in [1.82, 2.24) is 0 Å². The number of rotatable bonds is 5. The number of methoxy groups -OCH3 is 1. The van der Waals surface area contributed by atoms with Crippen molar-refractivity contribution < 1.29 is 24.4 Å². The number of amides is 1. The van der Waals surface area contributed by atoms with Gasteiger partial charge < -0.3 is 9.84 Å². The van der Waals surface area contributed by atoms with Crippen LogP contribution in [0.5, 0.6) is 5.75 Å². The van der Waals surface area contributed by atoms with E-state index in [4.69, 9.17) is 4.74 Å². The molecule has 1 amide bonds. The molecule has 3 aromatic carbocycles. The number of carbonyl (C=O) groups is 2. The van der Waals surface area contributed by atoms with Crippen LogP contribution in [0.3, 0.4) is 0 Å². The number of aliphatic hydroxyl groups is 1. The van der Waals surface area contributed by atoms with Crippen LogP contribution in [0.4, 0.5) is 11.4 Å². The van der Waals surface area contributed by atoms with Crippen LogP contribution in [0, 0.1) is 10.1 Å². The fourth-order valence-electron chi connectivity index (χ4n) is 3.70. The monoisotopic (exact) mass is 430 g/mol. The van der Waals surface area contributed by atoms with Crippen molar-refractivity contribution in [2.75, 3.05) is 12.0 Å². The zero-order valence-electron chi connectivity index (χ0n) is 17.0. The highest BCUT2D eigenvalue weighted by Crippen LogP contribution is 2.43. The molecule has 0 saturated carbocycles. The first kappa shape index (κ1) is 20.8. The summed E-state index contributed by atoms with van der Waals surface area (Å²) in [5.41, 5.74) is 0.980. The first-order valence-corrected chi connectivity index (χ1v) is 9.67. The van der Waals surface area contributed by atoms with Crippen molar-refractivity contribution in [2.24, 2.45) is 0 Å². The normalized spacial score (nSPS) is 17.4. The van der Waals surface area contributed by atoms with E-state index in [0.29, 0.717) is 22.6 Å². The van der Waals surface area contributed by atoms with E-state index in [9.17, 15) is 24.8 Å². The molecule has 8 heteroatoms. The van der Waals surface area contributed by atoms with Gasteiger partial charge in [-0.05, 0) is 29.8 Å². The predicted molar refractivity (Wildman–Crippen MR) is 117 cm³/mol. The first-order chi connectivity index (χ1) is 15.4. The minimum atomic E-state index is -0.983. The third kappa shape index (κ3) is 3.58. The van der Waals surface area contributed by atoms with Gasteiger partial charge in [-0.3, -0.25) is 24.6 Å². The summed E-state index contributed by atoms with van der Waals surface area (Å²) in [6.45, 7) is 0. The maximum atomic E-state index is 13.1. The van der Waals surface area contributed by atoms with E-state index < -0.39 is 22.7 Å². The molecular formula is C24H18N2O6. The molecule has 3 aromatic rings. The van der Waals surface area contributed by atoms with Crippen LogP contribution in [0.25, 0.3) is 5.76 Å². The molecule has 0 aromatic heterocycles. The van der Waals surface area contributed by atoms with E-state index >= 15 is 0 Å². The van der Waals surface area contributed by atoms with Gasteiger partial charge in [0.25, 0.3) is 17.4 Å². The fourth-order valence-corrected chi connectivity index (χ4v) is 3.70. The molecule has 160 valence electrons. The second kappa shape index (κ2) is 8.35. The van der Waals surface area contributed by atoms with Gasteiger partial charge in [0.1, 0.15) is 11.5 Å². The highest BCUT2D eigenvalue weighted by molar-refractivity contribution is 6.51. The molecule has 1 heterocycles. The van der Waals surface area contributed by atoms with Crippen molar-refractivity contribution in [3.63, 3.8) is 0 Å². The second-order valence-corrected chi connectivity index (χ2v) is 7.09. The molecule has 1 fully saturated rings. The zero-order valence-corrected chi connectivity index (χ0v) is 17.0. The zero-order chi connectivity index (χ0) is 22.8. The summed E-state index contributed by atoms with van der Waals surface area (Å²) in [5.74, 6) is -1.51. The Hall–Kier alpha value is -4.46. The van der Waals surface area contributed by atoms with Gasteiger partial charge in [-0.2, -0.15) is 0 Å². The van der Waals surface area contributed by atoms with Gasteiger partial charge in [0.15, 0.2) is 0 Å². The molecule has 1 saturated heterocycles. The summed E-state index contributed by atoms with van der Waals surface area (Å²) in [7, 11) is 1.48. The third-order valence-corrected chi connectivity index (χ3v) is 5.24. The molecule has 1 atom stereocenters. The van der Waals surface area contributed by atoms with Gasteiger partial charge in [-0.15, -0.1) is 0 Å². The Kier molecular flexibility index (Phi) is 5.43. The Morgan fingerprint density at radius 2 is 1.69 bits per heavy atom. The number of Topliss-reactive ketones (excluding diaryl/α,β-unsaturated/α-hetero) is 1. The lowest BCUT2D eigenvalue weighted by atomic mass is 9.95. The lowest BCUT2D eigenvalue weighted by Gasteiger charge is -2.25. The lowest BCUT2D eigenvalue weighted by Crippen LogP contribution is -2.29. The minimum absolute atomic E-state index is 0.0992. The summed E-state index contributed by atoms with van der Waals surface area (Å²) in [6, 6.07) is 19.6. The smallest absolute Gasteiger partial charge is 0.300 e. The van der Waals surface area contributed by atoms with Gasteiger partial charge in [0.05, 0.1) is 23.6 Å². The second-order valence-electron chi connectivity index (χ2n) is 7.09. The average Bonchev–Trinajstić information content (AvgIpc) is 3.09. The number of nitro benzene ring substituents is 1. The first-order valence-electron chi connectivity index (χ1n) is 9.67. The van der Waals surface area contributed by atoms with E-state index in [0.717, 1.165) is 0 Å². The van der Waals surface area contributed by atoms with Crippen LogP contribution in [0.1, 0.15) is 17.2 Å². The van der Waals surface area contributed by atoms with E-state index in [-0.39, 0.29) is 17.0 Å². The van der Waals surface area contributed by atoms with Crippen LogP contribution in [0.15, 0.2) is 84.4 Å². The maximum Gasteiger partial charge on any atom is 0.300 e. The highest BCUT2D eigenvalue weighted by Gasteiger charge is 2.47. The molecule has 1 N–H and O–H groups in total. The summed E-state index contributed by atoms with van der Waals surface area (Å²) in [5, 5.41) is 22.1. The Morgan fingerprint density at radius 3 is 2.31 bits per heavy atom. The molecule has 32 heavy (non-hydrogen) atoms. The van der Waals surface area contributed by atoms with Gasteiger partial charge in [-0.25, -0.2) is 0 Å². The molecule has 0 spiro atoms. The number of hydrogen-bond donors (Lipinski definition) is 1. The maximum absolute atomic E-state index is 13.1. The van der Waals surface area contributed by atoms with Crippen molar-refractivity contribution in [3.05, 3.63) is 106 Å². The lowest BCUT2D eigenvalue weighted by molar-refractivity contribution is -0.384. The number of carbonyl (C=O) groups excluding carboxylic acids is 2. The molecule has 0 radical (unpaired) electrons. The van der Waals surface area contributed by atoms with E-state index in [2.05, 4.69) is 0 Å². The minimum Gasteiger partial charge on any atom is -0.507 e. The van der Waals surface area contributed by atoms with Gasteiger partial charge >= 0.3 is 0 Å². The van der Waals surface area contributed by atoms with Crippen molar-refractivity contribution >= 4 is 28.8 Å². The highest BCUT2D eigenvalue weighted by atomic mass is 16.6. The molecule has 4 rings (SSSR count). The largest absolute Gasteiger partial charge is 0.507 e. The molecule has 1 unspecified atom stereocenters. The van der Waals surface area contributed by atoms with Crippen LogP contribution >= 0.6 is 0 Å². The van der Waals surface area contributed by atoms with E-state index in [1.807, 2.05) is 0 Å². The van der Waals surface area contributed by atoms with Crippen LogP contribution in [0.2, 0.25) is 0 Å². The number of aliphatic hydroxyl groups excluding tert-OH is 1. The summed E-state index contributed by atoms with van der Waals surface area (Å²) in [6.07, 6.45) is 0. The van der Waals surface area contributed by atoms with Gasteiger partial charge in [0.2, 0.25) is 0 Å². The number of anilines is 1. The molecular weight excluding hydrogens is 412 g/mol. The number of hydrogen-bond acceptors (Lipinski definition) is 6. The summed E-state index contributed by atoms with van der Waals surface area (Å²) >= 11 is 0. The van der Waals surface area contributed by atoms with E-state index in [1.54, 1.807) is 54.6 Å². The van der Waals surface area contributed by atoms with Crippen molar-refractivity contribution in [3.8, 4) is 5.75 Å². The predicted octanol–water partition coefficient (Wildman–Crippen LogP) is 4.23. The van der Waals surface area contributed by atoms with Crippen molar-refractivity contribution in [2.45, 2.75) is 6.04 Å². The van der Waals surface area contributed by atoms with Crippen LogP contribution in [-0.4, -0.2) is 28.8 Å². The Labute approximate surface area is 183 Å². The molecule has 1 aliphatic rings. The number of ketones is 1. The van der Waals surface area contributed by atoms with Gasteiger partial charge in [-0.1, -0.05) is 36.4 Å². The van der Waals surface area contributed by atoms with Crippen LogP contribution in [-0.2, 0) is 9.59 Å². The van der Waals surface area contributed by atoms with Crippen molar-refractivity contribution in [1.29, 1.82) is 0 Å². The van der Waals surface area contributed by atoms with E-state index in [1.165, 1.54) is 36.3 Å². The quantitative estimate of drug-likeness (QED) is 0.213. The Morgan fingerprint density at radius 1 is 1.00 bits per heavy atom. The summed E-state index contributed by atoms with van der Waals surface area (Å²) in [4.78, 5) is 38.0. The SMILES string of the molecule is COc1cccc(N2C(=O)C(=O)/C(=C(/O)c3ccccc3)C2c2ccc([N+](=O)[O-])cc2)c1. The number of ether oxygens (including phenoxy) is 1. The topological polar surface area (TPSA) is 110 Å². The third-order valence-electron chi connectivity index (χ3n) is 5.24. The molecule has 1 aliphatic heterocycles. The van der Waals surface area contributed by atoms with Gasteiger partial charge in [0, 0.05) is 29.4 Å². The number of non-ortho nitro benzene ring substituents is 1. The molecule has 0 aliphatic carbocycles. The average molecular weight is 430 g/mol. The number of benzene rings is 3. The molecule has 0 bridgehead atoms. The van der Waals surface area contributed by atoms with Crippen LogP contribution < -0.4 is 9.64 Å². The number of nitrogens with zero attached hydrogens (tertiary/aromatic N) is 2. The number of nitro groups is 1. The Balaban J connectivity index is 1.93.